The monoisotopic (exact) mass is 268 g/mol. The van der Waals surface area contributed by atoms with Gasteiger partial charge in [-0.05, 0) is 12.1 Å². The average Bonchev–Trinajstić information content (AvgIpc) is 2.79. The van der Waals surface area contributed by atoms with Crippen molar-refractivity contribution in [2.45, 2.75) is 0 Å². The summed E-state index contributed by atoms with van der Waals surface area (Å²) < 4.78 is 63.4. The Hall–Kier alpha value is -2.18. The van der Waals surface area contributed by atoms with E-state index in [1.54, 1.807) is 12.1 Å². The predicted molar refractivity (Wildman–Crippen MR) is 59.4 cm³/mol. The molecule has 1 aliphatic rings. The Morgan fingerprint density at radius 3 is 1.95 bits per heavy atom. The van der Waals surface area contributed by atoms with Crippen molar-refractivity contribution in [1.29, 1.82) is 0 Å². The maximum atomic E-state index is 13.6. The highest BCUT2D eigenvalue weighted by atomic mass is 19.2. The van der Waals surface area contributed by atoms with Crippen LogP contribution in [0.5, 0.6) is 11.5 Å². The first-order valence-electron chi connectivity index (χ1n) is 5.33. The highest BCUT2D eigenvalue weighted by molar-refractivity contribution is 6.63. The lowest BCUT2D eigenvalue weighted by molar-refractivity contribution is 0.433. The zero-order valence-electron chi connectivity index (χ0n) is 9.29. The second-order valence-corrected chi connectivity index (χ2v) is 3.90. The first kappa shape index (κ1) is 11.9. The van der Waals surface area contributed by atoms with Crippen molar-refractivity contribution >= 4 is 12.6 Å². The summed E-state index contributed by atoms with van der Waals surface area (Å²) >= 11 is 0. The van der Waals surface area contributed by atoms with Gasteiger partial charge in [0.2, 0.25) is 0 Å². The molecule has 0 aliphatic carbocycles. The molecular formula is C12H5BF4O2. The van der Waals surface area contributed by atoms with Gasteiger partial charge in [-0.2, -0.15) is 0 Å². The number of benzene rings is 2. The van der Waals surface area contributed by atoms with Crippen molar-refractivity contribution < 1.29 is 26.9 Å². The third-order valence-electron chi connectivity index (χ3n) is 2.70. The standard InChI is InChI=1S/C12H5BF4O2/c14-6-5-7(15)11(16)12(17)10(6)13-18-8-3-1-2-4-9(8)19-13/h1-5H. The van der Waals surface area contributed by atoms with Gasteiger partial charge in [0.05, 0.1) is 5.46 Å². The number of rotatable bonds is 1. The Bertz CT molecular complexity index is 637. The van der Waals surface area contributed by atoms with Crippen molar-refractivity contribution in [3.8, 4) is 11.5 Å². The second-order valence-electron chi connectivity index (χ2n) is 3.90. The van der Waals surface area contributed by atoms with E-state index in [4.69, 9.17) is 9.31 Å². The molecule has 0 spiro atoms. The summed E-state index contributed by atoms with van der Waals surface area (Å²) in [6.07, 6.45) is 0. The van der Waals surface area contributed by atoms with Crippen molar-refractivity contribution in [2.75, 3.05) is 0 Å². The highest BCUT2D eigenvalue weighted by Crippen LogP contribution is 2.33. The van der Waals surface area contributed by atoms with E-state index < -0.39 is 35.9 Å². The van der Waals surface area contributed by atoms with E-state index in [-0.39, 0.29) is 17.6 Å². The molecule has 0 saturated heterocycles. The fourth-order valence-electron chi connectivity index (χ4n) is 1.81. The molecule has 2 aromatic rings. The lowest BCUT2D eigenvalue weighted by atomic mass is 9.78. The molecule has 0 unspecified atom stereocenters. The van der Waals surface area contributed by atoms with Gasteiger partial charge < -0.3 is 9.31 Å². The van der Waals surface area contributed by atoms with Crippen LogP contribution in [0.15, 0.2) is 30.3 Å². The topological polar surface area (TPSA) is 18.5 Å². The Morgan fingerprint density at radius 1 is 0.789 bits per heavy atom. The van der Waals surface area contributed by atoms with Crippen LogP contribution in [0, 0.1) is 23.3 Å². The van der Waals surface area contributed by atoms with Crippen molar-refractivity contribution in [3.63, 3.8) is 0 Å². The van der Waals surface area contributed by atoms with Gasteiger partial charge in [-0.1, -0.05) is 12.1 Å². The molecule has 2 nitrogen and oxygen atoms in total. The molecule has 7 heteroatoms. The Kier molecular flexibility index (Phi) is 2.62. The van der Waals surface area contributed by atoms with Crippen molar-refractivity contribution in [3.05, 3.63) is 53.6 Å². The average molecular weight is 268 g/mol. The van der Waals surface area contributed by atoms with Crippen LogP contribution in [0.4, 0.5) is 17.6 Å². The van der Waals surface area contributed by atoms with Crippen LogP contribution in [-0.2, 0) is 0 Å². The van der Waals surface area contributed by atoms with E-state index in [1.807, 2.05) is 0 Å². The molecule has 1 heterocycles. The van der Waals surface area contributed by atoms with E-state index in [2.05, 4.69) is 0 Å². The van der Waals surface area contributed by atoms with Gasteiger partial charge in [-0.3, -0.25) is 0 Å². The molecule has 2 aromatic carbocycles. The Morgan fingerprint density at radius 2 is 1.37 bits per heavy atom. The molecule has 3 rings (SSSR count). The molecule has 0 bridgehead atoms. The second kappa shape index (κ2) is 4.19. The summed E-state index contributed by atoms with van der Waals surface area (Å²) in [7, 11) is -1.48. The third kappa shape index (κ3) is 1.81. The number of hydrogen-bond acceptors (Lipinski definition) is 2. The minimum atomic E-state index is -1.76. The zero-order valence-corrected chi connectivity index (χ0v) is 9.29. The molecule has 0 saturated carbocycles. The van der Waals surface area contributed by atoms with E-state index >= 15 is 0 Å². The molecule has 19 heavy (non-hydrogen) atoms. The molecule has 0 atom stereocenters. The van der Waals surface area contributed by atoms with Crippen LogP contribution >= 0.6 is 0 Å². The zero-order chi connectivity index (χ0) is 13.6. The summed E-state index contributed by atoms with van der Waals surface area (Å²) in [6.45, 7) is 0. The van der Waals surface area contributed by atoms with Crippen LogP contribution in [-0.4, -0.2) is 7.12 Å². The lowest BCUT2D eigenvalue weighted by Gasteiger charge is -2.08. The molecule has 0 radical (unpaired) electrons. The maximum Gasteiger partial charge on any atom is 0.639 e. The molecule has 0 amide bonds. The molecule has 0 aromatic heterocycles. The van der Waals surface area contributed by atoms with Crippen LogP contribution < -0.4 is 14.8 Å². The van der Waals surface area contributed by atoms with Crippen LogP contribution in [0.2, 0.25) is 0 Å². The van der Waals surface area contributed by atoms with Crippen molar-refractivity contribution in [2.24, 2.45) is 0 Å². The summed E-state index contributed by atoms with van der Waals surface area (Å²) in [4.78, 5) is 0. The first-order chi connectivity index (χ1) is 9.08. The quantitative estimate of drug-likeness (QED) is 0.342. The molecule has 0 N–H and O–H groups in total. The van der Waals surface area contributed by atoms with Crippen molar-refractivity contribution in [1.82, 2.24) is 0 Å². The van der Waals surface area contributed by atoms with Gasteiger partial charge in [-0.25, -0.2) is 17.6 Å². The number of fused-ring (bicyclic) bond motifs is 1. The van der Waals surface area contributed by atoms with Gasteiger partial charge in [-0.15, -0.1) is 0 Å². The van der Waals surface area contributed by atoms with Gasteiger partial charge in [0.25, 0.3) is 0 Å². The van der Waals surface area contributed by atoms with Gasteiger partial charge >= 0.3 is 7.12 Å². The molecule has 0 fully saturated rings. The fourth-order valence-corrected chi connectivity index (χ4v) is 1.81. The minimum Gasteiger partial charge on any atom is -0.519 e. The number of hydrogen-bond donors (Lipinski definition) is 0. The predicted octanol–water partition coefficient (Wildman–Crippen LogP) is 2.41. The molecular weight excluding hydrogens is 263 g/mol. The van der Waals surface area contributed by atoms with E-state index in [0.717, 1.165) is 0 Å². The summed E-state index contributed by atoms with van der Waals surface area (Å²) in [5.74, 6) is -5.75. The van der Waals surface area contributed by atoms with Crippen LogP contribution in [0.1, 0.15) is 0 Å². The maximum absolute atomic E-state index is 13.6. The summed E-state index contributed by atoms with van der Waals surface area (Å²) in [6, 6.07) is 6.60. The van der Waals surface area contributed by atoms with Gasteiger partial charge in [0.1, 0.15) is 17.3 Å². The van der Waals surface area contributed by atoms with Crippen LogP contribution in [0.3, 0.4) is 0 Å². The first-order valence-corrected chi connectivity index (χ1v) is 5.33. The minimum absolute atomic E-state index is 0.253. The van der Waals surface area contributed by atoms with Gasteiger partial charge in [0.15, 0.2) is 17.5 Å². The molecule has 1 aliphatic heterocycles. The number of para-hydroxylation sites is 2. The SMILES string of the molecule is Fc1cc(F)c(B2Oc3ccccc3O2)c(F)c1F. The lowest BCUT2D eigenvalue weighted by Crippen LogP contribution is -2.44. The van der Waals surface area contributed by atoms with Crippen LogP contribution in [0.25, 0.3) is 0 Å². The third-order valence-corrected chi connectivity index (χ3v) is 2.70. The van der Waals surface area contributed by atoms with Gasteiger partial charge in [0, 0.05) is 6.07 Å². The Balaban J connectivity index is 2.04. The highest BCUT2D eigenvalue weighted by Gasteiger charge is 2.40. The molecule has 96 valence electrons. The summed E-state index contributed by atoms with van der Waals surface area (Å²) in [5, 5.41) is 0. The number of halogens is 4. The Labute approximate surface area is 105 Å². The fraction of sp³-hybridized carbons (Fsp3) is 0. The summed E-state index contributed by atoms with van der Waals surface area (Å²) in [5.41, 5.74) is -0.796. The van der Waals surface area contributed by atoms with E-state index in [9.17, 15) is 17.6 Å². The van der Waals surface area contributed by atoms with E-state index in [1.165, 1.54) is 12.1 Å². The smallest absolute Gasteiger partial charge is 0.519 e. The normalized spacial score (nSPS) is 12.9. The van der Waals surface area contributed by atoms with E-state index in [0.29, 0.717) is 0 Å². The largest absolute Gasteiger partial charge is 0.639 e.